The van der Waals surface area contributed by atoms with Crippen molar-refractivity contribution < 1.29 is 17.9 Å². The van der Waals surface area contributed by atoms with Crippen LogP contribution in [0.3, 0.4) is 0 Å². The SMILES string of the molecule is CCCCN(C(=O)c1sc(COc2ccc(Cl)cc2)nc1C)C1CCS(=O)(=O)C1. The Hall–Kier alpha value is -1.64. The monoisotopic (exact) mass is 456 g/mol. The highest BCUT2D eigenvalue weighted by atomic mass is 35.5. The molecule has 2 heterocycles. The lowest BCUT2D eigenvalue weighted by atomic mass is 10.2. The number of aryl methyl sites for hydroxylation is 1. The van der Waals surface area contributed by atoms with Gasteiger partial charge in [-0.2, -0.15) is 0 Å². The van der Waals surface area contributed by atoms with E-state index in [9.17, 15) is 13.2 Å². The fourth-order valence-electron chi connectivity index (χ4n) is 3.32. The lowest BCUT2D eigenvalue weighted by Crippen LogP contribution is -2.41. The van der Waals surface area contributed by atoms with Crippen LogP contribution < -0.4 is 4.74 Å². The predicted molar refractivity (Wildman–Crippen MR) is 116 cm³/mol. The van der Waals surface area contributed by atoms with Crippen LogP contribution in [0.5, 0.6) is 5.75 Å². The minimum atomic E-state index is -3.06. The minimum Gasteiger partial charge on any atom is -0.486 e. The molecule has 6 nitrogen and oxygen atoms in total. The number of rotatable bonds is 8. The first-order chi connectivity index (χ1) is 13.8. The fraction of sp³-hybridized carbons (Fsp3) is 0.500. The average molecular weight is 457 g/mol. The summed E-state index contributed by atoms with van der Waals surface area (Å²) in [6, 6.07) is 6.80. The number of carbonyl (C=O) groups excluding carboxylic acids is 1. The lowest BCUT2D eigenvalue weighted by molar-refractivity contribution is 0.0698. The molecule has 0 N–H and O–H groups in total. The van der Waals surface area contributed by atoms with E-state index in [1.54, 1.807) is 36.1 Å². The van der Waals surface area contributed by atoms with Gasteiger partial charge in [0.2, 0.25) is 0 Å². The van der Waals surface area contributed by atoms with Gasteiger partial charge in [-0.15, -0.1) is 11.3 Å². The highest BCUT2D eigenvalue weighted by Gasteiger charge is 2.35. The van der Waals surface area contributed by atoms with Crippen molar-refractivity contribution in [3.05, 3.63) is 44.9 Å². The Labute approximate surface area is 180 Å². The Balaban J connectivity index is 1.73. The van der Waals surface area contributed by atoms with Crippen LogP contribution in [0.4, 0.5) is 0 Å². The number of halogens is 1. The quantitative estimate of drug-likeness (QED) is 0.597. The predicted octanol–water partition coefficient (Wildman–Crippen LogP) is 4.11. The summed E-state index contributed by atoms with van der Waals surface area (Å²) < 4.78 is 29.6. The standard InChI is InChI=1S/C20H25ClN2O4S2/c1-3-4-10-23(16-9-11-29(25,26)13-16)20(24)19-14(2)22-18(28-19)12-27-17-7-5-15(21)6-8-17/h5-8,16H,3-4,9-13H2,1-2H3. The third-order valence-corrected chi connectivity index (χ3v) is 7.99. The number of nitrogens with zero attached hydrogens (tertiary/aromatic N) is 2. The molecule has 29 heavy (non-hydrogen) atoms. The van der Waals surface area contributed by atoms with Gasteiger partial charge in [0.1, 0.15) is 22.2 Å². The van der Waals surface area contributed by atoms with Crippen molar-refractivity contribution in [1.29, 1.82) is 0 Å². The topological polar surface area (TPSA) is 76.6 Å². The van der Waals surface area contributed by atoms with Crippen LogP contribution >= 0.6 is 22.9 Å². The van der Waals surface area contributed by atoms with E-state index in [1.807, 2.05) is 0 Å². The second-order valence-electron chi connectivity index (χ2n) is 7.17. The summed E-state index contributed by atoms with van der Waals surface area (Å²) in [7, 11) is -3.06. The molecule has 0 radical (unpaired) electrons. The van der Waals surface area contributed by atoms with Crippen molar-refractivity contribution in [3.63, 3.8) is 0 Å². The number of benzene rings is 1. The van der Waals surface area contributed by atoms with E-state index in [0.29, 0.717) is 39.3 Å². The summed E-state index contributed by atoms with van der Waals surface area (Å²) in [4.78, 5) is 20.0. The fourth-order valence-corrected chi connectivity index (χ4v) is 6.11. The Bertz CT molecular complexity index is 957. The minimum absolute atomic E-state index is 0.0485. The van der Waals surface area contributed by atoms with Gasteiger partial charge < -0.3 is 9.64 Å². The molecule has 1 unspecified atom stereocenters. The maximum Gasteiger partial charge on any atom is 0.266 e. The highest BCUT2D eigenvalue weighted by molar-refractivity contribution is 7.91. The zero-order valence-corrected chi connectivity index (χ0v) is 18.9. The molecule has 1 amide bonds. The van der Waals surface area contributed by atoms with E-state index in [1.165, 1.54) is 11.3 Å². The number of unbranched alkanes of at least 4 members (excludes halogenated alkanes) is 1. The number of sulfone groups is 1. The molecule has 1 fully saturated rings. The summed E-state index contributed by atoms with van der Waals surface area (Å²) in [5.41, 5.74) is 0.650. The molecular weight excluding hydrogens is 432 g/mol. The van der Waals surface area contributed by atoms with Gasteiger partial charge in [0, 0.05) is 17.6 Å². The second-order valence-corrected chi connectivity index (χ2v) is 10.9. The van der Waals surface area contributed by atoms with E-state index >= 15 is 0 Å². The molecule has 158 valence electrons. The molecule has 0 saturated carbocycles. The zero-order chi connectivity index (χ0) is 21.0. The summed E-state index contributed by atoms with van der Waals surface area (Å²) in [5.74, 6) is 0.742. The number of hydrogen-bond acceptors (Lipinski definition) is 6. The van der Waals surface area contributed by atoms with Crippen LogP contribution in [0.1, 0.15) is 46.6 Å². The van der Waals surface area contributed by atoms with E-state index in [4.69, 9.17) is 16.3 Å². The Morgan fingerprint density at radius 2 is 2.07 bits per heavy atom. The van der Waals surface area contributed by atoms with E-state index in [-0.39, 0.29) is 30.1 Å². The van der Waals surface area contributed by atoms with Gasteiger partial charge in [0.25, 0.3) is 5.91 Å². The first-order valence-electron chi connectivity index (χ1n) is 9.65. The molecule has 1 aromatic heterocycles. The summed E-state index contributed by atoms with van der Waals surface area (Å²) in [5, 5.41) is 1.34. The number of hydrogen-bond donors (Lipinski definition) is 0. The Kier molecular flexibility index (Phi) is 7.19. The van der Waals surface area contributed by atoms with Gasteiger partial charge in [-0.05, 0) is 44.0 Å². The second kappa shape index (κ2) is 9.45. The van der Waals surface area contributed by atoms with E-state index < -0.39 is 9.84 Å². The van der Waals surface area contributed by atoms with Crippen LogP contribution in [0, 0.1) is 6.92 Å². The molecule has 0 aliphatic carbocycles. The number of ether oxygens (including phenoxy) is 1. The van der Waals surface area contributed by atoms with Gasteiger partial charge >= 0.3 is 0 Å². The third-order valence-electron chi connectivity index (χ3n) is 4.87. The third kappa shape index (κ3) is 5.71. The van der Waals surface area contributed by atoms with Crippen molar-refractivity contribution in [2.24, 2.45) is 0 Å². The number of thiazole rings is 1. The molecule has 1 aliphatic heterocycles. The molecule has 0 bridgehead atoms. The van der Waals surface area contributed by atoms with Gasteiger partial charge in [-0.25, -0.2) is 13.4 Å². The molecule has 2 aromatic rings. The Morgan fingerprint density at radius 1 is 1.34 bits per heavy atom. The maximum atomic E-state index is 13.2. The number of carbonyl (C=O) groups is 1. The number of amides is 1. The summed E-state index contributed by atoms with van der Waals surface area (Å²) >= 11 is 7.19. The normalized spacial score (nSPS) is 18.0. The average Bonchev–Trinajstić information content (AvgIpc) is 3.23. The van der Waals surface area contributed by atoms with E-state index in [0.717, 1.165) is 12.8 Å². The Morgan fingerprint density at radius 3 is 2.69 bits per heavy atom. The molecule has 1 aliphatic rings. The van der Waals surface area contributed by atoms with Gasteiger partial charge in [0.05, 0.1) is 17.2 Å². The van der Waals surface area contributed by atoms with Crippen LogP contribution in [0.15, 0.2) is 24.3 Å². The van der Waals surface area contributed by atoms with Gasteiger partial charge in [-0.3, -0.25) is 4.79 Å². The van der Waals surface area contributed by atoms with Crippen molar-refractivity contribution in [3.8, 4) is 5.75 Å². The van der Waals surface area contributed by atoms with Gasteiger partial charge in [0.15, 0.2) is 9.84 Å². The molecule has 3 rings (SSSR count). The van der Waals surface area contributed by atoms with Crippen molar-refractivity contribution >= 4 is 38.7 Å². The van der Waals surface area contributed by atoms with Crippen molar-refractivity contribution in [2.75, 3.05) is 18.1 Å². The van der Waals surface area contributed by atoms with Crippen LogP contribution in [0.25, 0.3) is 0 Å². The number of aromatic nitrogens is 1. The van der Waals surface area contributed by atoms with Crippen molar-refractivity contribution in [1.82, 2.24) is 9.88 Å². The van der Waals surface area contributed by atoms with Crippen LogP contribution in [-0.4, -0.2) is 48.3 Å². The smallest absolute Gasteiger partial charge is 0.266 e. The first kappa shape index (κ1) is 22.1. The van der Waals surface area contributed by atoms with Crippen LogP contribution in [-0.2, 0) is 16.4 Å². The van der Waals surface area contributed by atoms with Gasteiger partial charge in [-0.1, -0.05) is 24.9 Å². The molecule has 9 heteroatoms. The molecule has 1 saturated heterocycles. The molecule has 0 spiro atoms. The largest absolute Gasteiger partial charge is 0.486 e. The zero-order valence-electron chi connectivity index (χ0n) is 16.6. The lowest BCUT2D eigenvalue weighted by Gasteiger charge is -2.28. The van der Waals surface area contributed by atoms with Crippen LogP contribution in [0.2, 0.25) is 5.02 Å². The summed E-state index contributed by atoms with van der Waals surface area (Å²) in [6.45, 7) is 4.67. The maximum absolute atomic E-state index is 13.2. The van der Waals surface area contributed by atoms with Crippen molar-refractivity contribution in [2.45, 2.75) is 45.8 Å². The van der Waals surface area contributed by atoms with E-state index in [2.05, 4.69) is 11.9 Å². The first-order valence-corrected chi connectivity index (χ1v) is 12.7. The molecule has 1 aromatic carbocycles. The summed E-state index contributed by atoms with van der Waals surface area (Å²) in [6.07, 6.45) is 2.28. The molecular formula is C20H25ClN2O4S2. The molecule has 1 atom stereocenters. The highest BCUT2D eigenvalue weighted by Crippen LogP contribution is 2.26.